The number of imidazole rings is 1. The van der Waals surface area contributed by atoms with Crippen LogP contribution in [0.1, 0.15) is 33.7 Å². The molecule has 0 bridgehead atoms. The van der Waals surface area contributed by atoms with Crippen molar-refractivity contribution in [3.63, 3.8) is 0 Å². The SMILES string of the molecule is CC(C)CNCC(C)C(C)n1cnc(I)c1I. The summed E-state index contributed by atoms with van der Waals surface area (Å²) in [6.07, 6.45) is 1.95. The molecule has 1 aromatic rings. The first-order valence-corrected chi connectivity index (χ1v) is 8.17. The Labute approximate surface area is 131 Å². The van der Waals surface area contributed by atoms with Crippen molar-refractivity contribution >= 4 is 45.2 Å². The molecule has 0 spiro atoms. The molecule has 0 aliphatic rings. The van der Waals surface area contributed by atoms with Crippen molar-refractivity contribution in [1.82, 2.24) is 14.9 Å². The van der Waals surface area contributed by atoms with E-state index in [2.05, 4.69) is 87.7 Å². The van der Waals surface area contributed by atoms with Gasteiger partial charge in [-0.25, -0.2) is 4.98 Å². The Morgan fingerprint density at radius 3 is 2.35 bits per heavy atom. The van der Waals surface area contributed by atoms with Crippen molar-refractivity contribution in [2.75, 3.05) is 13.1 Å². The van der Waals surface area contributed by atoms with Crippen LogP contribution in [0.2, 0.25) is 0 Å². The first kappa shape index (κ1) is 15.7. The van der Waals surface area contributed by atoms with Crippen LogP contribution in [-0.2, 0) is 0 Å². The lowest BCUT2D eigenvalue weighted by Crippen LogP contribution is -2.29. The fourth-order valence-corrected chi connectivity index (χ4v) is 2.76. The van der Waals surface area contributed by atoms with Gasteiger partial charge in [0.1, 0.15) is 7.40 Å². The van der Waals surface area contributed by atoms with Crippen LogP contribution in [0.15, 0.2) is 6.33 Å². The molecule has 17 heavy (non-hydrogen) atoms. The van der Waals surface area contributed by atoms with Gasteiger partial charge in [0.15, 0.2) is 0 Å². The van der Waals surface area contributed by atoms with E-state index >= 15 is 0 Å². The maximum atomic E-state index is 4.35. The second-order valence-electron chi connectivity index (χ2n) is 5.00. The fourth-order valence-electron chi connectivity index (χ4n) is 1.65. The highest BCUT2D eigenvalue weighted by molar-refractivity contribution is 14.1. The first-order valence-electron chi connectivity index (χ1n) is 6.02. The zero-order valence-corrected chi connectivity index (χ0v) is 15.2. The lowest BCUT2D eigenvalue weighted by atomic mass is 10.0. The van der Waals surface area contributed by atoms with Crippen LogP contribution in [0.25, 0.3) is 0 Å². The molecule has 0 saturated heterocycles. The largest absolute Gasteiger partial charge is 0.322 e. The Balaban J connectivity index is 2.52. The summed E-state index contributed by atoms with van der Waals surface area (Å²) in [5.41, 5.74) is 0. The number of hydrogen-bond donors (Lipinski definition) is 1. The summed E-state index contributed by atoms with van der Waals surface area (Å²) in [6.45, 7) is 11.2. The second-order valence-corrected chi connectivity index (χ2v) is 7.05. The molecule has 1 rings (SSSR count). The van der Waals surface area contributed by atoms with Crippen molar-refractivity contribution < 1.29 is 0 Å². The third-order valence-corrected chi connectivity index (χ3v) is 5.86. The van der Waals surface area contributed by atoms with E-state index in [0.29, 0.717) is 17.9 Å². The van der Waals surface area contributed by atoms with E-state index in [9.17, 15) is 0 Å². The van der Waals surface area contributed by atoms with Crippen molar-refractivity contribution in [3.8, 4) is 0 Å². The van der Waals surface area contributed by atoms with Gasteiger partial charge in [0.2, 0.25) is 0 Å². The number of rotatable bonds is 6. The Morgan fingerprint density at radius 1 is 1.24 bits per heavy atom. The lowest BCUT2D eigenvalue weighted by Gasteiger charge is -2.23. The topological polar surface area (TPSA) is 29.9 Å². The van der Waals surface area contributed by atoms with Gasteiger partial charge in [-0.1, -0.05) is 20.8 Å². The van der Waals surface area contributed by atoms with E-state index in [4.69, 9.17) is 0 Å². The Kier molecular flexibility index (Phi) is 6.71. The highest BCUT2D eigenvalue weighted by atomic mass is 127. The molecular formula is C12H21I2N3. The van der Waals surface area contributed by atoms with Crippen LogP contribution in [0.3, 0.4) is 0 Å². The van der Waals surface area contributed by atoms with Gasteiger partial charge >= 0.3 is 0 Å². The van der Waals surface area contributed by atoms with Crippen molar-refractivity contribution in [1.29, 1.82) is 0 Å². The molecule has 5 heteroatoms. The molecule has 2 atom stereocenters. The Bertz CT molecular complexity index is 350. The predicted octanol–water partition coefficient (Wildman–Crippen LogP) is 3.54. The summed E-state index contributed by atoms with van der Waals surface area (Å²) < 4.78 is 4.60. The Hall–Kier alpha value is 0.630. The van der Waals surface area contributed by atoms with Crippen molar-refractivity contribution in [2.45, 2.75) is 33.7 Å². The third-order valence-electron chi connectivity index (χ3n) is 2.97. The van der Waals surface area contributed by atoms with Gasteiger partial charge in [-0.15, -0.1) is 0 Å². The predicted molar refractivity (Wildman–Crippen MR) is 89.2 cm³/mol. The summed E-state index contributed by atoms with van der Waals surface area (Å²) in [5, 5.41) is 3.52. The zero-order chi connectivity index (χ0) is 13.0. The molecule has 0 fully saturated rings. The fraction of sp³-hybridized carbons (Fsp3) is 0.750. The molecule has 1 aromatic heterocycles. The molecule has 3 nitrogen and oxygen atoms in total. The summed E-state index contributed by atoms with van der Waals surface area (Å²) in [5.74, 6) is 1.32. The smallest absolute Gasteiger partial charge is 0.132 e. The number of hydrogen-bond acceptors (Lipinski definition) is 2. The van der Waals surface area contributed by atoms with Gasteiger partial charge < -0.3 is 9.88 Å². The Morgan fingerprint density at radius 2 is 1.88 bits per heavy atom. The van der Waals surface area contributed by atoms with Crippen LogP contribution in [0.4, 0.5) is 0 Å². The minimum atomic E-state index is 0.484. The lowest BCUT2D eigenvalue weighted by molar-refractivity contribution is 0.350. The summed E-state index contributed by atoms with van der Waals surface area (Å²) in [7, 11) is 0. The van der Waals surface area contributed by atoms with Gasteiger partial charge in [0.05, 0.1) is 6.33 Å². The average molecular weight is 461 g/mol. The van der Waals surface area contributed by atoms with E-state index < -0.39 is 0 Å². The first-order chi connectivity index (χ1) is 7.93. The molecular weight excluding hydrogens is 440 g/mol. The van der Waals surface area contributed by atoms with E-state index in [1.807, 2.05) is 6.33 Å². The second kappa shape index (κ2) is 7.28. The van der Waals surface area contributed by atoms with Gasteiger partial charge in [0, 0.05) is 6.04 Å². The molecule has 98 valence electrons. The van der Waals surface area contributed by atoms with Gasteiger partial charge in [0.25, 0.3) is 0 Å². The van der Waals surface area contributed by atoms with Gasteiger partial charge in [-0.05, 0) is 77.0 Å². The van der Waals surface area contributed by atoms with Crippen LogP contribution < -0.4 is 5.32 Å². The quantitative estimate of drug-likeness (QED) is 0.658. The standard InChI is InChI=1S/C12H21I2N3/c1-8(2)5-15-6-9(3)10(4)17-7-16-11(13)12(17)14/h7-10,15H,5-6H2,1-4H3. The highest BCUT2D eigenvalue weighted by Gasteiger charge is 2.17. The van der Waals surface area contributed by atoms with Crippen LogP contribution in [0, 0.1) is 19.2 Å². The summed E-state index contributed by atoms with van der Waals surface area (Å²) in [4.78, 5) is 4.35. The molecule has 0 aromatic carbocycles. The van der Waals surface area contributed by atoms with E-state index in [-0.39, 0.29) is 0 Å². The number of nitrogens with zero attached hydrogens (tertiary/aromatic N) is 2. The molecule has 0 saturated carbocycles. The maximum absolute atomic E-state index is 4.35. The van der Waals surface area contributed by atoms with E-state index in [1.54, 1.807) is 0 Å². The van der Waals surface area contributed by atoms with Crippen LogP contribution in [0.5, 0.6) is 0 Å². The maximum Gasteiger partial charge on any atom is 0.132 e. The third kappa shape index (κ3) is 4.66. The summed E-state index contributed by atoms with van der Waals surface area (Å²) >= 11 is 4.65. The molecule has 1 heterocycles. The van der Waals surface area contributed by atoms with Crippen LogP contribution in [-0.4, -0.2) is 22.6 Å². The van der Waals surface area contributed by atoms with Gasteiger partial charge in [-0.2, -0.15) is 0 Å². The molecule has 0 amide bonds. The number of halogens is 2. The molecule has 0 radical (unpaired) electrons. The normalized spacial score (nSPS) is 15.2. The molecule has 1 N–H and O–H groups in total. The van der Waals surface area contributed by atoms with Crippen molar-refractivity contribution in [3.05, 3.63) is 13.7 Å². The van der Waals surface area contributed by atoms with E-state index in [0.717, 1.165) is 16.8 Å². The van der Waals surface area contributed by atoms with Crippen LogP contribution >= 0.6 is 45.2 Å². The zero-order valence-electron chi connectivity index (χ0n) is 10.9. The molecule has 2 unspecified atom stereocenters. The monoisotopic (exact) mass is 461 g/mol. The minimum absolute atomic E-state index is 0.484. The molecule has 0 aliphatic heterocycles. The summed E-state index contributed by atoms with van der Waals surface area (Å²) in [6, 6.07) is 0.484. The molecule has 0 aliphatic carbocycles. The number of aromatic nitrogens is 2. The highest BCUT2D eigenvalue weighted by Crippen LogP contribution is 2.23. The minimum Gasteiger partial charge on any atom is -0.322 e. The number of nitrogens with one attached hydrogen (secondary N) is 1. The van der Waals surface area contributed by atoms with E-state index in [1.165, 1.54) is 3.70 Å². The van der Waals surface area contributed by atoms with Crippen molar-refractivity contribution in [2.24, 2.45) is 11.8 Å². The average Bonchev–Trinajstić information content (AvgIpc) is 2.58. The van der Waals surface area contributed by atoms with Gasteiger partial charge in [-0.3, -0.25) is 0 Å².